The van der Waals surface area contributed by atoms with Crippen molar-refractivity contribution in [2.75, 3.05) is 0 Å². The van der Waals surface area contributed by atoms with Crippen molar-refractivity contribution in [3.8, 4) is 0 Å². The minimum absolute atomic E-state index is 0.439. The van der Waals surface area contributed by atoms with Crippen LogP contribution in [0.1, 0.15) is 30.7 Å². The Labute approximate surface area is 135 Å². The summed E-state index contributed by atoms with van der Waals surface area (Å²) < 4.78 is 0. The van der Waals surface area contributed by atoms with Crippen LogP contribution in [-0.4, -0.2) is 26.3 Å². The molecule has 2 unspecified atom stereocenters. The first-order valence-electron chi connectivity index (χ1n) is 6.83. The number of hydrogen-bond acceptors (Lipinski definition) is 5. The maximum atomic E-state index is 10.9. The van der Waals surface area contributed by atoms with E-state index in [-0.39, 0.29) is 0 Å². The fourth-order valence-corrected chi connectivity index (χ4v) is 5.08. The standard InChI is InChI=1S/C14H15ClN2O2S2/c1-6-3-4-8-9(5-6)21-12-10(8)11(15)16-14(17-12)20-7(2)13(18)19/h6-7H,3-5H2,1-2H3,(H,18,19). The number of aromatic nitrogens is 2. The maximum absolute atomic E-state index is 10.9. The third-order valence-corrected chi connectivity index (χ3v) is 6.09. The molecule has 0 aromatic carbocycles. The van der Waals surface area contributed by atoms with Crippen LogP contribution in [0.2, 0.25) is 5.15 Å². The fraction of sp³-hybridized carbons (Fsp3) is 0.500. The van der Waals surface area contributed by atoms with Gasteiger partial charge in [-0.25, -0.2) is 9.97 Å². The molecule has 1 N–H and O–H groups in total. The second-order valence-corrected chi connectivity index (χ2v) is 8.18. The number of aliphatic carboxylic acids is 1. The molecule has 2 aromatic rings. The lowest BCUT2D eigenvalue weighted by atomic mass is 9.89. The summed E-state index contributed by atoms with van der Waals surface area (Å²) in [6.07, 6.45) is 3.26. The molecule has 3 rings (SSSR count). The van der Waals surface area contributed by atoms with Crippen LogP contribution in [0, 0.1) is 5.92 Å². The van der Waals surface area contributed by atoms with E-state index in [9.17, 15) is 4.79 Å². The van der Waals surface area contributed by atoms with Crippen LogP contribution in [0.5, 0.6) is 0 Å². The van der Waals surface area contributed by atoms with E-state index in [0.29, 0.717) is 16.2 Å². The third-order valence-electron chi connectivity index (χ3n) is 3.72. The average molecular weight is 343 g/mol. The van der Waals surface area contributed by atoms with Crippen molar-refractivity contribution in [3.63, 3.8) is 0 Å². The van der Waals surface area contributed by atoms with Crippen LogP contribution in [0.25, 0.3) is 10.2 Å². The molecular formula is C14H15ClN2O2S2. The second kappa shape index (κ2) is 5.74. The molecule has 2 heterocycles. The largest absolute Gasteiger partial charge is 0.480 e. The molecule has 0 fully saturated rings. The average Bonchev–Trinajstić information content (AvgIpc) is 2.75. The first-order chi connectivity index (χ1) is 9.95. The van der Waals surface area contributed by atoms with Gasteiger partial charge in [0.2, 0.25) is 0 Å². The number of aryl methyl sites for hydroxylation is 1. The van der Waals surface area contributed by atoms with Crippen LogP contribution >= 0.6 is 34.7 Å². The van der Waals surface area contributed by atoms with E-state index in [2.05, 4.69) is 16.9 Å². The Hall–Kier alpha value is -0.850. The highest BCUT2D eigenvalue weighted by atomic mass is 35.5. The summed E-state index contributed by atoms with van der Waals surface area (Å²) in [4.78, 5) is 22.0. The normalized spacial score (nSPS) is 19.5. The van der Waals surface area contributed by atoms with Gasteiger partial charge in [-0.2, -0.15) is 0 Å². The number of carbonyl (C=O) groups is 1. The van der Waals surface area contributed by atoms with Gasteiger partial charge < -0.3 is 5.11 Å². The van der Waals surface area contributed by atoms with Gasteiger partial charge in [-0.3, -0.25) is 4.79 Å². The van der Waals surface area contributed by atoms with Gasteiger partial charge in [-0.05, 0) is 37.7 Å². The van der Waals surface area contributed by atoms with Crippen molar-refractivity contribution in [2.24, 2.45) is 5.92 Å². The predicted octanol–water partition coefficient (Wildman–Crippen LogP) is 4.03. The van der Waals surface area contributed by atoms with E-state index in [4.69, 9.17) is 16.7 Å². The number of hydrogen-bond donors (Lipinski definition) is 1. The van der Waals surface area contributed by atoms with Crippen molar-refractivity contribution in [2.45, 2.75) is 43.5 Å². The van der Waals surface area contributed by atoms with Crippen LogP contribution in [0.15, 0.2) is 5.16 Å². The molecule has 112 valence electrons. The molecule has 0 saturated heterocycles. The molecule has 2 atom stereocenters. The number of halogens is 1. The van der Waals surface area contributed by atoms with Crippen molar-refractivity contribution in [3.05, 3.63) is 15.6 Å². The lowest BCUT2D eigenvalue weighted by Crippen LogP contribution is -2.12. The molecular weight excluding hydrogens is 328 g/mol. The zero-order chi connectivity index (χ0) is 15.1. The number of fused-ring (bicyclic) bond motifs is 3. The van der Waals surface area contributed by atoms with Crippen LogP contribution < -0.4 is 0 Å². The highest BCUT2D eigenvalue weighted by Gasteiger charge is 2.24. The molecule has 1 aliphatic rings. The van der Waals surface area contributed by atoms with Crippen molar-refractivity contribution in [1.82, 2.24) is 9.97 Å². The molecule has 0 bridgehead atoms. The van der Waals surface area contributed by atoms with Gasteiger partial charge in [0.05, 0.1) is 5.39 Å². The Morgan fingerprint density at radius 3 is 3.00 bits per heavy atom. The van der Waals surface area contributed by atoms with Crippen LogP contribution in [0.3, 0.4) is 0 Å². The molecule has 0 spiro atoms. The maximum Gasteiger partial charge on any atom is 0.316 e. The second-order valence-electron chi connectivity index (χ2n) is 5.43. The highest BCUT2D eigenvalue weighted by molar-refractivity contribution is 8.00. The quantitative estimate of drug-likeness (QED) is 0.518. The zero-order valence-electron chi connectivity index (χ0n) is 11.7. The molecule has 0 aliphatic heterocycles. The number of carboxylic acid groups (broad SMARTS) is 1. The van der Waals surface area contributed by atoms with Crippen LogP contribution in [-0.2, 0) is 17.6 Å². The van der Waals surface area contributed by atoms with Crippen molar-refractivity contribution >= 4 is 50.9 Å². The van der Waals surface area contributed by atoms with Gasteiger partial charge in [0.25, 0.3) is 0 Å². The van der Waals surface area contributed by atoms with Gasteiger partial charge in [-0.15, -0.1) is 11.3 Å². The van der Waals surface area contributed by atoms with Crippen LogP contribution in [0.4, 0.5) is 0 Å². The molecule has 7 heteroatoms. The summed E-state index contributed by atoms with van der Waals surface area (Å²) in [6.45, 7) is 3.88. The Bertz CT molecular complexity index is 717. The van der Waals surface area contributed by atoms with Gasteiger partial charge in [0.1, 0.15) is 15.2 Å². The molecule has 0 saturated carbocycles. The summed E-state index contributed by atoms with van der Waals surface area (Å²) >= 11 is 9.13. The highest BCUT2D eigenvalue weighted by Crippen LogP contribution is 2.40. The summed E-state index contributed by atoms with van der Waals surface area (Å²) in [7, 11) is 0. The molecule has 0 radical (unpaired) electrons. The van der Waals surface area contributed by atoms with E-state index < -0.39 is 11.2 Å². The summed E-state index contributed by atoms with van der Waals surface area (Å²) in [5.74, 6) is -0.183. The first-order valence-corrected chi connectivity index (χ1v) is 8.90. The number of rotatable bonds is 3. The Morgan fingerprint density at radius 1 is 1.52 bits per heavy atom. The van der Waals surface area contributed by atoms with Gasteiger partial charge >= 0.3 is 5.97 Å². The Kier molecular flexibility index (Phi) is 4.12. The van der Waals surface area contributed by atoms with Crippen molar-refractivity contribution in [1.29, 1.82) is 0 Å². The smallest absolute Gasteiger partial charge is 0.316 e. The summed E-state index contributed by atoms with van der Waals surface area (Å²) in [5.41, 5.74) is 1.29. The molecule has 21 heavy (non-hydrogen) atoms. The first kappa shape index (κ1) is 15.1. The van der Waals surface area contributed by atoms with Gasteiger partial charge in [-0.1, -0.05) is 30.3 Å². The lowest BCUT2D eigenvalue weighted by Gasteiger charge is -2.17. The lowest BCUT2D eigenvalue weighted by molar-refractivity contribution is -0.136. The minimum atomic E-state index is -0.876. The summed E-state index contributed by atoms with van der Waals surface area (Å²) in [5, 5.41) is 10.2. The Balaban J connectivity index is 2.03. The fourth-order valence-electron chi connectivity index (χ4n) is 2.54. The van der Waals surface area contributed by atoms with E-state index >= 15 is 0 Å². The van der Waals surface area contributed by atoms with E-state index in [1.807, 2.05) is 0 Å². The number of thioether (sulfide) groups is 1. The minimum Gasteiger partial charge on any atom is -0.480 e. The molecule has 4 nitrogen and oxygen atoms in total. The number of carboxylic acids is 1. The summed E-state index contributed by atoms with van der Waals surface area (Å²) in [6, 6.07) is 0. The number of nitrogens with zero attached hydrogens (tertiary/aromatic N) is 2. The third kappa shape index (κ3) is 2.89. The zero-order valence-corrected chi connectivity index (χ0v) is 14.1. The number of thiophene rings is 1. The predicted molar refractivity (Wildman–Crippen MR) is 86.6 cm³/mol. The topological polar surface area (TPSA) is 63.1 Å². The SMILES string of the molecule is CC1CCc2c(sc3nc(SC(C)C(=O)O)nc(Cl)c23)C1. The van der Waals surface area contributed by atoms with E-state index in [1.54, 1.807) is 18.3 Å². The monoisotopic (exact) mass is 342 g/mol. The molecule has 2 aromatic heterocycles. The Morgan fingerprint density at radius 2 is 2.29 bits per heavy atom. The van der Waals surface area contributed by atoms with Gasteiger partial charge in [0.15, 0.2) is 5.16 Å². The van der Waals surface area contributed by atoms with E-state index in [0.717, 1.165) is 34.8 Å². The van der Waals surface area contributed by atoms with E-state index in [1.165, 1.54) is 16.9 Å². The molecule has 1 aliphatic carbocycles. The van der Waals surface area contributed by atoms with Crippen molar-refractivity contribution < 1.29 is 9.90 Å². The molecule has 0 amide bonds. The van der Waals surface area contributed by atoms with Gasteiger partial charge in [0, 0.05) is 4.88 Å².